The summed E-state index contributed by atoms with van der Waals surface area (Å²) in [5.74, 6) is -1.15. The fraction of sp³-hybridized carbons (Fsp3) is 0.409. The van der Waals surface area contributed by atoms with Crippen molar-refractivity contribution in [3.05, 3.63) is 62.5 Å². The van der Waals surface area contributed by atoms with Crippen molar-refractivity contribution in [3.8, 4) is 0 Å². The number of halogens is 2. The zero-order chi connectivity index (χ0) is 23.1. The number of fused-ring (bicyclic) bond motifs is 2. The van der Waals surface area contributed by atoms with Crippen LogP contribution >= 0.6 is 22.9 Å². The molecule has 2 aromatic rings. The number of amidine groups is 1. The average Bonchev–Trinajstić information content (AvgIpc) is 3.29. The summed E-state index contributed by atoms with van der Waals surface area (Å²) in [5.41, 5.74) is 7.25. The number of thiazole rings is 1. The lowest BCUT2D eigenvalue weighted by molar-refractivity contribution is -0.133. The molecule has 8 nitrogen and oxygen atoms in total. The number of aromatic nitrogens is 1. The predicted molar refractivity (Wildman–Crippen MR) is 123 cm³/mol. The SMILES string of the molecule is NC1C[C@H]2COC[C@@H](C1)N2CC1=C(C(=O)O)[C@H](c2ccc(F)cc2Cl)N=C(c2nccs2)N1. The number of benzene rings is 1. The molecule has 1 aromatic carbocycles. The highest BCUT2D eigenvalue weighted by molar-refractivity contribution is 7.11. The fourth-order valence-electron chi connectivity index (χ4n) is 4.84. The van der Waals surface area contributed by atoms with Gasteiger partial charge in [0.1, 0.15) is 11.9 Å². The molecular formula is C22H23ClFN5O3S. The molecular weight excluding hydrogens is 469 g/mol. The molecule has 0 radical (unpaired) electrons. The van der Waals surface area contributed by atoms with Gasteiger partial charge in [-0.05, 0) is 25.0 Å². The number of piperidine rings is 1. The molecule has 4 atom stereocenters. The number of aliphatic carboxylic acids is 1. The molecule has 5 rings (SSSR count). The van der Waals surface area contributed by atoms with Gasteiger partial charge in [-0.3, -0.25) is 9.89 Å². The number of morpholine rings is 1. The van der Waals surface area contributed by atoms with Crippen molar-refractivity contribution in [1.82, 2.24) is 15.2 Å². The molecule has 3 aliphatic rings. The van der Waals surface area contributed by atoms with Gasteiger partial charge in [-0.1, -0.05) is 17.7 Å². The van der Waals surface area contributed by atoms with E-state index >= 15 is 0 Å². The van der Waals surface area contributed by atoms with E-state index in [1.165, 1.54) is 29.5 Å². The van der Waals surface area contributed by atoms with Gasteiger partial charge in [0.25, 0.3) is 0 Å². The zero-order valence-corrected chi connectivity index (χ0v) is 19.2. The van der Waals surface area contributed by atoms with Crippen LogP contribution in [0, 0.1) is 5.82 Å². The van der Waals surface area contributed by atoms with Crippen LogP contribution in [0.25, 0.3) is 0 Å². The molecule has 2 saturated heterocycles. The van der Waals surface area contributed by atoms with E-state index in [1.54, 1.807) is 6.20 Å². The Labute approximate surface area is 198 Å². The van der Waals surface area contributed by atoms with Crippen molar-refractivity contribution >= 4 is 34.7 Å². The number of carboxylic acids is 1. The summed E-state index contributed by atoms with van der Waals surface area (Å²) in [6.07, 6.45) is 3.23. The Morgan fingerprint density at radius 3 is 2.76 bits per heavy atom. The van der Waals surface area contributed by atoms with E-state index in [0.29, 0.717) is 41.9 Å². The first-order valence-corrected chi connectivity index (χ1v) is 11.9. The lowest BCUT2D eigenvalue weighted by Gasteiger charge is -2.48. The Morgan fingerprint density at radius 1 is 1.36 bits per heavy atom. The minimum absolute atomic E-state index is 0.0812. The molecule has 2 fully saturated rings. The van der Waals surface area contributed by atoms with Crippen LogP contribution in [0.2, 0.25) is 5.02 Å². The van der Waals surface area contributed by atoms with Gasteiger partial charge in [0.05, 0.1) is 18.8 Å². The van der Waals surface area contributed by atoms with Crippen LogP contribution in [0.5, 0.6) is 0 Å². The van der Waals surface area contributed by atoms with E-state index in [2.05, 4.69) is 20.2 Å². The van der Waals surface area contributed by atoms with Crippen LogP contribution in [0.4, 0.5) is 4.39 Å². The van der Waals surface area contributed by atoms with Crippen molar-refractivity contribution in [1.29, 1.82) is 0 Å². The van der Waals surface area contributed by atoms with Gasteiger partial charge in [-0.15, -0.1) is 11.3 Å². The number of nitrogens with zero attached hydrogens (tertiary/aromatic N) is 3. The van der Waals surface area contributed by atoms with Crippen LogP contribution < -0.4 is 11.1 Å². The zero-order valence-electron chi connectivity index (χ0n) is 17.6. The molecule has 33 heavy (non-hydrogen) atoms. The largest absolute Gasteiger partial charge is 0.478 e. The monoisotopic (exact) mass is 491 g/mol. The number of nitrogens with one attached hydrogen (secondary N) is 1. The van der Waals surface area contributed by atoms with Crippen LogP contribution in [-0.2, 0) is 9.53 Å². The Hall–Kier alpha value is -2.37. The summed E-state index contributed by atoms with van der Waals surface area (Å²) < 4.78 is 19.5. The minimum atomic E-state index is -1.11. The number of carbonyl (C=O) groups is 1. The molecule has 2 bridgehead atoms. The van der Waals surface area contributed by atoms with Gasteiger partial charge < -0.3 is 20.9 Å². The van der Waals surface area contributed by atoms with E-state index in [4.69, 9.17) is 22.1 Å². The molecule has 11 heteroatoms. The lowest BCUT2D eigenvalue weighted by atomic mass is 9.89. The van der Waals surface area contributed by atoms with Crippen LogP contribution in [0.15, 0.2) is 46.0 Å². The molecule has 0 aliphatic carbocycles. The summed E-state index contributed by atoms with van der Waals surface area (Å²) in [7, 11) is 0. The van der Waals surface area contributed by atoms with Crippen molar-refractivity contribution in [3.63, 3.8) is 0 Å². The van der Waals surface area contributed by atoms with Crippen molar-refractivity contribution < 1.29 is 19.0 Å². The van der Waals surface area contributed by atoms with Gasteiger partial charge in [-0.25, -0.2) is 14.2 Å². The maximum absolute atomic E-state index is 13.7. The number of hydrogen-bond donors (Lipinski definition) is 3. The van der Waals surface area contributed by atoms with E-state index in [9.17, 15) is 14.3 Å². The Morgan fingerprint density at radius 2 is 2.12 bits per heavy atom. The van der Waals surface area contributed by atoms with Crippen molar-refractivity contribution in [2.75, 3.05) is 19.8 Å². The molecule has 3 aliphatic heterocycles. The summed E-state index contributed by atoms with van der Waals surface area (Å²) in [6, 6.07) is 3.32. The quantitative estimate of drug-likeness (QED) is 0.589. The Balaban J connectivity index is 1.58. The smallest absolute Gasteiger partial charge is 0.335 e. The molecule has 0 amide bonds. The summed E-state index contributed by atoms with van der Waals surface area (Å²) in [5, 5.41) is 16.0. The third-order valence-electron chi connectivity index (χ3n) is 6.30. The predicted octanol–water partition coefficient (Wildman–Crippen LogP) is 2.56. The van der Waals surface area contributed by atoms with Crippen molar-refractivity contribution in [2.45, 2.75) is 37.0 Å². The molecule has 1 aromatic heterocycles. The standard InChI is InChI=1S/C22H23ClFN5O3S/c23-16-5-11(24)1-2-15(16)19-18(22(30)31)17(27-20(28-19)21-26-3-4-33-21)8-29-13-6-12(25)7-14(29)10-32-9-13/h1-5,12-14,19H,6-10,25H2,(H,27,28)(H,30,31)/t12?,13-,14+,19-/m0/s1. The third-order valence-corrected chi connectivity index (χ3v) is 7.40. The van der Waals surface area contributed by atoms with Gasteiger partial charge in [0.2, 0.25) is 0 Å². The number of ether oxygens (including phenoxy) is 1. The first-order chi connectivity index (χ1) is 15.9. The topological polar surface area (TPSA) is 113 Å². The third kappa shape index (κ3) is 4.41. The Bertz CT molecular complexity index is 1110. The second kappa shape index (κ2) is 9.11. The summed E-state index contributed by atoms with van der Waals surface area (Å²) in [4.78, 5) is 23.8. The van der Waals surface area contributed by atoms with E-state index in [0.717, 1.165) is 12.8 Å². The fourth-order valence-corrected chi connectivity index (χ4v) is 5.70. The molecule has 0 spiro atoms. The van der Waals surface area contributed by atoms with E-state index < -0.39 is 17.8 Å². The van der Waals surface area contributed by atoms with Gasteiger partial charge >= 0.3 is 5.97 Å². The highest BCUT2D eigenvalue weighted by Gasteiger charge is 2.40. The molecule has 0 saturated carbocycles. The number of nitrogens with two attached hydrogens (primary N) is 1. The average molecular weight is 492 g/mol. The number of rotatable bonds is 5. The van der Waals surface area contributed by atoms with Gasteiger partial charge in [-0.2, -0.15) is 0 Å². The van der Waals surface area contributed by atoms with Crippen LogP contribution in [0.1, 0.15) is 29.5 Å². The first kappa shape index (κ1) is 22.4. The molecule has 4 N–H and O–H groups in total. The number of aliphatic imine (C=N–C) groups is 1. The second-order valence-corrected chi connectivity index (χ2v) is 9.76. The van der Waals surface area contributed by atoms with E-state index in [-0.39, 0.29) is 28.7 Å². The number of carboxylic acid groups (broad SMARTS) is 1. The van der Waals surface area contributed by atoms with Gasteiger partial charge in [0.15, 0.2) is 10.8 Å². The highest BCUT2D eigenvalue weighted by Crippen LogP contribution is 2.37. The normalized spacial score (nSPS) is 27.8. The maximum Gasteiger partial charge on any atom is 0.335 e. The first-order valence-electron chi connectivity index (χ1n) is 10.7. The van der Waals surface area contributed by atoms with Crippen molar-refractivity contribution in [2.24, 2.45) is 10.7 Å². The lowest BCUT2D eigenvalue weighted by Crippen LogP contribution is -2.60. The van der Waals surface area contributed by atoms with Crippen LogP contribution in [0.3, 0.4) is 0 Å². The molecule has 174 valence electrons. The Kier molecular flexibility index (Phi) is 6.19. The number of hydrogen-bond acceptors (Lipinski definition) is 8. The van der Waals surface area contributed by atoms with Gasteiger partial charge in [0, 0.05) is 52.5 Å². The second-order valence-electron chi connectivity index (χ2n) is 8.45. The maximum atomic E-state index is 13.7. The van der Waals surface area contributed by atoms with E-state index in [1.807, 2.05) is 5.38 Å². The summed E-state index contributed by atoms with van der Waals surface area (Å²) in [6.45, 7) is 1.48. The summed E-state index contributed by atoms with van der Waals surface area (Å²) >= 11 is 7.73. The van der Waals surface area contributed by atoms with Crippen LogP contribution in [-0.4, -0.2) is 64.7 Å². The minimum Gasteiger partial charge on any atom is -0.478 e. The highest BCUT2D eigenvalue weighted by atomic mass is 35.5. The molecule has 1 unspecified atom stereocenters. The molecule has 4 heterocycles.